The van der Waals surface area contributed by atoms with Crippen LogP contribution in [0.4, 0.5) is 15.3 Å². The number of amides is 2. The summed E-state index contributed by atoms with van der Waals surface area (Å²) in [5, 5.41) is 0.346. The van der Waals surface area contributed by atoms with Gasteiger partial charge in [-0.3, -0.25) is 4.79 Å². The van der Waals surface area contributed by atoms with Crippen LogP contribution in [0.15, 0.2) is 30.3 Å². The van der Waals surface area contributed by atoms with Crippen molar-refractivity contribution < 1.29 is 33.3 Å². The molecule has 0 unspecified atom stereocenters. The fraction of sp³-hybridized carbons (Fsp3) is 0.500. The van der Waals surface area contributed by atoms with E-state index in [1.807, 2.05) is 30.5 Å². The Morgan fingerprint density at radius 2 is 1.58 bits per heavy atom. The molecule has 0 saturated heterocycles. The summed E-state index contributed by atoms with van der Waals surface area (Å²) in [6.45, 7) is 17.1. The third-order valence-corrected chi connectivity index (χ3v) is 6.44. The molecule has 0 atom stereocenters. The number of carbonyl (C=O) groups excluding carboxylic acids is 3. The number of benzene rings is 2. The Morgan fingerprint density at radius 1 is 0.953 bits per heavy atom. The zero-order valence-corrected chi connectivity index (χ0v) is 27.3. The lowest BCUT2D eigenvalue weighted by Gasteiger charge is -2.28. The van der Waals surface area contributed by atoms with Crippen LogP contribution in [0, 0.1) is 13.8 Å². The third-order valence-electron chi connectivity index (χ3n) is 6.08. The van der Waals surface area contributed by atoms with Gasteiger partial charge in [-0.25, -0.2) is 14.6 Å². The Bertz CT molecular complexity index is 1460. The first-order valence-electron chi connectivity index (χ1n) is 14.3. The van der Waals surface area contributed by atoms with Crippen LogP contribution in [0.2, 0.25) is 5.02 Å². The van der Waals surface area contributed by atoms with E-state index in [-0.39, 0.29) is 11.7 Å². The highest BCUT2D eigenvalue weighted by molar-refractivity contribution is 6.32. The van der Waals surface area contributed by atoms with Gasteiger partial charge in [0, 0.05) is 17.5 Å². The molecule has 0 aliphatic heterocycles. The molecule has 0 radical (unpaired) electrons. The summed E-state index contributed by atoms with van der Waals surface area (Å²) < 4.78 is 23.9. The third kappa shape index (κ3) is 9.35. The Morgan fingerprint density at radius 3 is 2.14 bits per heavy atom. The van der Waals surface area contributed by atoms with Crippen molar-refractivity contribution in [3.8, 4) is 5.75 Å². The molecule has 0 fully saturated rings. The number of fused-ring (bicyclic) bond motifs is 1. The number of nitrogens with zero attached hydrogens (tertiary/aromatic N) is 3. The number of imide groups is 1. The molecular weight excluding hydrogens is 574 g/mol. The average molecular weight is 616 g/mol. The van der Waals surface area contributed by atoms with Gasteiger partial charge >= 0.3 is 18.2 Å². The van der Waals surface area contributed by atoms with Crippen LogP contribution in [0.5, 0.6) is 5.75 Å². The lowest BCUT2D eigenvalue weighted by Crippen LogP contribution is -2.43. The lowest BCUT2D eigenvalue weighted by atomic mass is 10.1. The molecule has 0 bridgehead atoms. The van der Waals surface area contributed by atoms with Crippen LogP contribution in [0.3, 0.4) is 0 Å². The minimum Gasteiger partial charge on any atom is -0.493 e. The van der Waals surface area contributed by atoms with E-state index >= 15 is 0 Å². The largest absolute Gasteiger partial charge is 0.493 e. The summed E-state index contributed by atoms with van der Waals surface area (Å²) in [4.78, 5) is 43.3. The molecule has 11 heteroatoms. The number of ether oxygens (including phenoxy) is 4. The van der Waals surface area contributed by atoms with Crippen molar-refractivity contribution in [3.05, 3.63) is 52.3 Å². The van der Waals surface area contributed by atoms with Crippen molar-refractivity contribution >= 4 is 46.5 Å². The second-order valence-corrected chi connectivity index (χ2v) is 12.6. The van der Waals surface area contributed by atoms with E-state index in [9.17, 15) is 14.4 Å². The molecule has 1 aromatic heterocycles. The monoisotopic (exact) mass is 615 g/mol. The average Bonchev–Trinajstić information content (AvgIpc) is 3.17. The molecule has 0 aliphatic rings. The molecule has 0 saturated carbocycles. The molecule has 43 heavy (non-hydrogen) atoms. The predicted molar refractivity (Wildman–Crippen MR) is 166 cm³/mol. The summed E-state index contributed by atoms with van der Waals surface area (Å²) in [5.41, 5.74) is 1.96. The van der Waals surface area contributed by atoms with E-state index in [0.29, 0.717) is 43.4 Å². The highest BCUT2D eigenvalue weighted by Crippen LogP contribution is 2.31. The summed E-state index contributed by atoms with van der Waals surface area (Å²) in [6, 6.07) is 8.78. The number of rotatable bonds is 9. The fourth-order valence-corrected chi connectivity index (χ4v) is 4.51. The maximum absolute atomic E-state index is 13.1. The van der Waals surface area contributed by atoms with Crippen molar-refractivity contribution in [3.63, 3.8) is 0 Å². The van der Waals surface area contributed by atoms with E-state index in [1.165, 1.54) is 0 Å². The number of hydrogen-bond donors (Lipinski definition) is 0. The second kappa shape index (κ2) is 13.7. The molecule has 3 rings (SSSR count). The maximum atomic E-state index is 13.1. The number of aromatic nitrogens is 2. The van der Waals surface area contributed by atoms with E-state index in [1.54, 1.807) is 66.7 Å². The molecule has 1 heterocycles. The van der Waals surface area contributed by atoms with Gasteiger partial charge in [0.25, 0.3) is 0 Å². The van der Waals surface area contributed by atoms with Crippen molar-refractivity contribution in [2.75, 3.05) is 18.1 Å². The van der Waals surface area contributed by atoms with Gasteiger partial charge in [0.2, 0.25) is 0 Å². The fourth-order valence-electron chi connectivity index (χ4n) is 4.27. The van der Waals surface area contributed by atoms with Crippen LogP contribution in [0.1, 0.15) is 78.3 Å². The number of carbonyl (C=O) groups is 3. The number of anilines is 1. The topological polar surface area (TPSA) is 109 Å². The van der Waals surface area contributed by atoms with Crippen LogP contribution in [-0.2, 0) is 25.5 Å². The van der Waals surface area contributed by atoms with E-state index < -0.39 is 23.4 Å². The van der Waals surface area contributed by atoms with Gasteiger partial charge in [-0.05, 0) is 98.1 Å². The number of esters is 1. The minimum absolute atomic E-state index is 0.221. The van der Waals surface area contributed by atoms with Gasteiger partial charge in [-0.15, -0.1) is 0 Å². The second-order valence-electron chi connectivity index (χ2n) is 12.2. The Labute approximate surface area is 258 Å². The Hall–Kier alpha value is -3.79. The summed E-state index contributed by atoms with van der Waals surface area (Å²) in [7, 11) is 0. The highest BCUT2D eigenvalue weighted by Gasteiger charge is 2.33. The standard InChI is InChI=1S/C32H42ClN3O7/c1-10-40-27(37)12-11-15-41-24-16-20(2)28-26(18-24)35(21(3)34-28)19-22-13-14-23(17-25(22)33)36(29(38)42-31(4,5)6)30(39)43-32(7,8)9/h13-14,16-18H,10-12,15,19H2,1-9H3. The van der Waals surface area contributed by atoms with Crippen LogP contribution in [0.25, 0.3) is 11.0 Å². The van der Waals surface area contributed by atoms with E-state index in [0.717, 1.165) is 32.9 Å². The first-order valence-corrected chi connectivity index (χ1v) is 14.7. The molecule has 234 valence electrons. The van der Waals surface area contributed by atoms with E-state index in [4.69, 9.17) is 35.5 Å². The molecule has 3 aromatic rings. The molecule has 2 aromatic carbocycles. The number of imidazole rings is 1. The van der Waals surface area contributed by atoms with E-state index in [2.05, 4.69) is 0 Å². The summed E-state index contributed by atoms with van der Waals surface area (Å²) in [6.07, 6.45) is -0.904. The normalized spacial score (nSPS) is 11.8. The SMILES string of the molecule is CCOC(=O)CCCOc1cc(C)c2nc(C)n(Cc3ccc(N(C(=O)OC(C)(C)C)C(=O)OC(C)(C)C)cc3Cl)c2c1. The minimum atomic E-state index is -0.868. The van der Waals surface area contributed by atoms with Crippen LogP contribution < -0.4 is 9.64 Å². The molecule has 0 aliphatic carbocycles. The van der Waals surface area contributed by atoms with Crippen molar-refractivity contribution in [2.24, 2.45) is 0 Å². The Kier molecular flexibility index (Phi) is 10.7. The molecule has 0 spiro atoms. The first-order chi connectivity index (χ1) is 20.0. The molecule has 0 N–H and O–H groups in total. The van der Waals surface area contributed by atoms with Crippen LogP contribution in [-0.4, -0.2) is 52.1 Å². The maximum Gasteiger partial charge on any atom is 0.424 e. The van der Waals surface area contributed by atoms with Crippen LogP contribution >= 0.6 is 11.6 Å². The van der Waals surface area contributed by atoms with Gasteiger partial charge in [0.15, 0.2) is 0 Å². The zero-order chi connectivity index (χ0) is 32.1. The summed E-state index contributed by atoms with van der Waals surface area (Å²) >= 11 is 6.74. The van der Waals surface area contributed by atoms with Gasteiger partial charge in [0.1, 0.15) is 22.8 Å². The summed E-state index contributed by atoms with van der Waals surface area (Å²) in [5.74, 6) is 1.21. The highest BCUT2D eigenvalue weighted by atomic mass is 35.5. The number of hydrogen-bond acceptors (Lipinski definition) is 8. The van der Waals surface area contributed by atoms with Crippen molar-refractivity contribution in [1.82, 2.24) is 9.55 Å². The van der Waals surface area contributed by atoms with Gasteiger partial charge in [0.05, 0.1) is 36.5 Å². The first kappa shape index (κ1) is 33.7. The smallest absolute Gasteiger partial charge is 0.424 e. The Balaban J connectivity index is 1.88. The van der Waals surface area contributed by atoms with Gasteiger partial charge in [-0.1, -0.05) is 17.7 Å². The number of aryl methyl sites for hydroxylation is 2. The molecule has 2 amide bonds. The lowest BCUT2D eigenvalue weighted by molar-refractivity contribution is -0.143. The van der Waals surface area contributed by atoms with Crippen molar-refractivity contribution in [1.29, 1.82) is 0 Å². The zero-order valence-electron chi connectivity index (χ0n) is 26.5. The molecular formula is C32H42ClN3O7. The van der Waals surface area contributed by atoms with Gasteiger partial charge in [-0.2, -0.15) is 4.90 Å². The number of halogens is 1. The molecule has 10 nitrogen and oxygen atoms in total. The predicted octanol–water partition coefficient (Wildman–Crippen LogP) is 7.75. The van der Waals surface area contributed by atoms with Gasteiger partial charge < -0.3 is 23.5 Å². The van der Waals surface area contributed by atoms with Crippen molar-refractivity contribution in [2.45, 2.75) is 92.9 Å². The quantitative estimate of drug-likeness (QED) is 0.136.